The molecule has 0 bridgehead atoms. The van der Waals surface area contributed by atoms with E-state index in [1.54, 1.807) is 18.3 Å². The molecule has 2 N–H and O–H groups in total. The van der Waals surface area contributed by atoms with Crippen molar-refractivity contribution in [1.29, 1.82) is 0 Å². The normalized spacial score (nSPS) is 11.2. The molecule has 0 unspecified atom stereocenters. The van der Waals surface area contributed by atoms with Gasteiger partial charge in [-0.15, -0.1) is 0 Å². The molecule has 6 heteroatoms. The number of nitrogens with zero attached hydrogens (tertiary/aromatic N) is 2. The fourth-order valence-electron chi connectivity index (χ4n) is 1.42. The number of carbonyl (C=O) groups excluding carboxylic acids is 1. The van der Waals surface area contributed by atoms with Crippen LogP contribution < -0.4 is 10.6 Å². The summed E-state index contributed by atoms with van der Waals surface area (Å²) in [5.41, 5.74) is 0.323. The van der Waals surface area contributed by atoms with Gasteiger partial charge in [0.1, 0.15) is 11.6 Å². The number of aromatic nitrogens is 2. The summed E-state index contributed by atoms with van der Waals surface area (Å²) in [6.45, 7) is 7.38. The Labute approximate surface area is 117 Å². The van der Waals surface area contributed by atoms with Gasteiger partial charge in [-0.05, 0) is 19.1 Å². The molecule has 106 valence electrons. The summed E-state index contributed by atoms with van der Waals surface area (Å²) in [6.07, 6.45) is 1.63. The van der Waals surface area contributed by atoms with E-state index in [1.807, 2.05) is 33.8 Å². The molecule has 0 aliphatic carbocycles. The van der Waals surface area contributed by atoms with Gasteiger partial charge in [0.05, 0.1) is 11.9 Å². The van der Waals surface area contributed by atoms with Crippen LogP contribution in [-0.2, 0) is 4.79 Å². The Hall–Kier alpha value is -2.37. The lowest BCUT2D eigenvalue weighted by Crippen LogP contribution is -2.27. The first-order valence-corrected chi connectivity index (χ1v) is 6.32. The Kier molecular flexibility index (Phi) is 3.74. The maximum absolute atomic E-state index is 11.8. The third-order valence-corrected chi connectivity index (χ3v) is 2.59. The number of carbonyl (C=O) groups is 1. The van der Waals surface area contributed by atoms with E-state index in [2.05, 4.69) is 20.8 Å². The Morgan fingerprint density at radius 2 is 2.00 bits per heavy atom. The average molecular weight is 274 g/mol. The van der Waals surface area contributed by atoms with Crippen molar-refractivity contribution in [3.05, 3.63) is 30.2 Å². The van der Waals surface area contributed by atoms with E-state index >= 15 is 0 Å². The van der Waals surface area contributed by atoms with Gasteiger partial charge >= 0.3 is 0 Å². The number of rotatable bonds is 3. The summed E-state index contributed by atoms with van der Waals surface area (Å²) in [5, 5.41) is 9.65. The van der Waals surface area contributed by atoms with Crippen molar-refractivity contribution < 1.29 is 9.32 Å². The monoisotopic (exact) mass is 274 g/mol. The highest BCUT2D eigenvalue weighted by Gasteiger charge is 2.21. The first-order chi connectivity index (χ1) is 9.34. The van der Waals surface area contributed by atoms with Crippen LogP contribution in [0.15, 0.2) is 28.9 Å². The van der Waals surface area contributed by atoms with Crippen molar-refractivity contribution >= 4 is 23.2 Å². The van der Waals surface area contributed by atoms with Crippen LogP contribution in [0, 0.1) is 12.3 Å². The molecule has 0 saturated heterocycles. The number of amides is 1. The Balaban J connectivity index is 2.01. The number of anilines is 3. The number of hydrogen-bond acceptors (Lipinski definition) is 5. The van der Waals surface area contributed by atoms with Crippen LogP contribution in [0.1, 0.15) is 26.5 Å². The fourth-order valence-corrected chi connectivity index (χ4v) is 1.42. The molecule has 2 rings (SSSR count). The molecule has 0 aliphatic rings. The minimum absolute atomic E-state index is 0.0714. The molecule has 2 aromatic heterocycles. The van der Waals surface area contributed by atoms with Crippen molar-refractivity contribution in [3.63, 3.8) is 0 Å². The molecule has 0 fully saturated rings. The molecule has 0 saturated carbocycles. The van der Waals surface area contributed by atoms with E-state index in [1.165, 1.54) is 0 Å². The first-order valence-electron chi connectivity index (χ1n) is 6.32. The molecule has 6 nitrogen and oxygen atoms in total. The van der Waals surface area contributed by atoms with Crippen LogP contribution in [0.3, 0.4) is 0 Å². The largest absolute Gasteiger partial charge is 0.360 e. The minimum atomic E-state index is -0.448. The average Bonchev–Trinajstić information content (AvgIpc) is 2.76. The topological polar surface area (TPSA) is 80.0 Å². The first kappa shape index (κ1) is 14.0. The molecule has 0 aromatic carbocycles. The second-order valence-corrected chi connectivity index (χ2v) is 5.58. The van der Waals surface area contributed by atoms with E-state index in [0.29, 0.717) is 11.6 Å². The van der Waals surface area contributed by atoms with Gasteiger partial charge in [-0.2, -0.15) is 0 Å². The van der Waals surface area contributed by atoms with Crippen LogP contribution in [0.4, 0.5) is 17.3 Å². The van der Waals surface area contributed by atoms with Gasteiger partial charge in [-0.3, -0.25) is 4.79 Å². The lowest BCUT2D eigenvalue weighted by Gasteiger charge is -2.17. The van der Waals surface area contributed by atoms with Gasteiger partial charge in [-0.1, -0.05) is 25.9 Å². The quantitative estimate of drug-likeness (QED) is 0.899. The summed E-state index contributed by atoms with van der Waals surface area (Å²) in [5.74, 6) is 1.80. The summed E-state index contributed by atoms with van der Waals surface area (Å²) in [4.78, 5) is 16.0. The molecule has 20 heavy (non-hydrogen) atoms. The van der Waals surface area contributed by atoms with Crippen molar-refractivity contribution in [3.8, 4) is 0 Å². The number of hydrogen-bond donors (Lipinski definition) is 2. The maximum atomic E-state index is 11.8. The molecule has 0 radical (unpaired) electrons. The van der Waals surface area contributed by atoms with Crippen molar-refractivity contribution in [2.75, 3.05) is 10.6 Å². The molecule has 2 heterocycles. The number of aryl methyl sites for hydroxylation is 1. The number of pyridine rings is 1. The molecule has 1 amide bonds. The van der Waals surface area contributed by atoms with Gasteiger partial charge in [0.15, 0.2) is 5.82 Å². The standard InChI is InChI=1S/C14H18N4O2/c1-9-7-12(18-20-9)16-10-5-6-11(15-8-10)17-13(19)14(2,3)4/h5-8H,1-4H3,(H,16,18)(H,15,17,19). The van der Waals surface area contributed by atoms with Gasteiger partial charge in [0.25, 0.3) is 0 Å². The van der Waals surface area contributed by atoms with E-state index in [0.717, 1.165) is 11.4 Å². The highest BCUT2D eigenvalue weighted by Crippen LogP contribution is 2.19. The maximum Gasteiger partial charge on any atom is 0.230 e. The van der Waals surface area contributed by atoms with Crippen molar-refractivity contribution in [2.24, 2.45) is 5.41 Å². The van der Waals surface area contributed by atoms with Crippen LogP contribution in [-0.4, -0.2) is 16.0 Å². The van der Waals surface area contributed by atoms with Crippen molar-refractivity contribution in [1.82, 2.24) is 10.1 Å². The van der Waals surface area contributed by atoms with Gasteiger partial charge in [0.2, 0.25) is 5.91 Å². The predicted octanol–water partition coefficient (Wildman–Crippen LogP) is 3.11. The molecule has 0 atom stereocenters. The van der Waals surface area contributed by atoms with Crippen LogP contribution in [0.5, 0.6) is 0 Å². The Bertz CT molecular complexity index is 596. The summed E-state index contributed by atoms with van der Waals surface area (Å²) < 4.78 is 4.96. The second kappa shape index (κ2) is 5.32. The fraction of sp³-hybridized carbons (Fsp3) is 0.357. The zero-order chi connectivity index (χ0) is 14.8. The number of nitrogens with one attached hydrogen (secondary N) is 2. The third-order valence-electron chi connectivity index (χ3n) is 2.59. The van der Waals surface area contributed by atoms with E-state index in [9.17, 15) is 4.79 Å². The molecular formula is C14H18N4O2. The SMILES string of the molecule is Cc1cc(Nc2ccc(NC(=O)C(C)(C)C)nc2)no1. The highest BCUT2D eigenvalue weighted by molar-refractivity contribution is 5.93. The smallest absolute Gasteiger partial charge is 0.230 e. The summed E-state index contributed by atoms with van der Waals surface area (Å²) in [7, 11) is 0. The highest BCUT2D eigenvalue weighted by atomic mass is 16.5. The molecule has 0 aliphatic heterocycles. The Morgan fingerprint density at radius 3 is 2.50 bits per heavy atom. The minimum Gasteiger partial charge on any atom is -0.360 e. The van der Waals surface area contributed by atoms with Gasteiger partial charge in [0, 0.05) is 11.5 Å². The lowest BCUT2D eigenvalue weighted by molar-refractivity contribution is -0.123. The lowest BCUT2D eigenvalue weighted by atomic mass is 9.96. The third kappa shape index (κ3) is 3.57. The van der Waals surface area contributed by atoms with Crippen LogP contribution in [0.25, 0.3) is 0 Å². The van der Waals surface area contributed by atoms with Gasteiger partial charge in [-0.25, -0.2) is 4.98 Å². The summed E-state index contributed by atoms with van der Waals surface area (Å²) in [6, 6.07) is 5.34. The molecule has 0 spiro atoms. The van der Waals surface area contributed by atoms with E-state index in [-0.39, 0.29) is 5.91 Å². The van der Waals surface area contributed by atoms with Crippen LogP contribution in [0.2, 0.25) is 0 Å². The van der Waals surface area contributed by atoms with E-state index in [4.69, 9.17) is 4.52 Å². The van der Waals surface area contributed by atoms with Gasteiger partial charge < -0.3 is 15.2 Å². The zero-order valence-corrected chi connectivity index (χ0v) is 12.0. The molecular weight excluding hydrogens is 256 g/mol. The molecule has 2 aromatic rings. The summed E-state index contributed by atoms with van der Waals surface area (Å²) >= 11 is 0. The second-order valence-electron chi connectivity index (χ2n) is 5.58. The Morgan fingerprint density at radius 1 is 1.25 bits per heavy atom. The predicted molar refractivity (Wildman–Crippen MR) is 76.8 cm³/mol. The van der Waals surface area contributed by atoms with Crippen LogP contribution >= 0.6 is 0 Å². The van der Waals surface area contributed by atoms with E-state index < -0.39 is 5.41 Å². The van der Waals surface area contributed by atoms with Crippen molar-refractivity contribution in [2.45, 2.75) is 27.7 Å². The zero-order valence-electron chi connectivity index (χ0n) is 12.0.